The van der Waals surface area contributed by atoms with Gasteiger partial charge < -0.3 is 47.4 Å². The molecule has 0 saturated heterocycles. The first kappa shape index (κ1) is 37.0. The lowest BCUT2D eigenvalue weighted by Gasteiger charge is -2.13. The third-order valence-electron chi connectivity index (χ3n) is 7.25. The molecule has 0 unspecified atom stereocenters. The summed E-state index contributed by atoms with van der Waals surface area (Å²) in [4.78, 5) is 0. The maximum Gasteiger partial charge on any atom is 0.127 e. The molecule has 0 saturated carbocycles. The Labute approximate surface area is 293 Å². The second kappa shape index (κ2) is 22.4. The van der Waals surface area contributed by atoms with Gasteiger partial charge in [-0.25, -0.2) is 0 Å². The summed E-state index contributed by atoms with van der Waals surface area (Å²) in [6.07, 6.45) is 0. The summed E-state index contributed by atoms with van der Waals surface area (Å²) in [6, 6.07) is 26.7. The first-order valence-electron chi connectivity index (χ1n) is 17.0. The fourth-order valence-electron chi connectivity index (χ4n) is 4.78. The normalized spacial score (nSPS) is 17.6. The van der Waals surface area contributed by atoms with E-state index in [9.17, 15) is 0 Å². The zero-order chi connectivity index (χ0) is 34.3. The number of hydrogen-bond donors (Lipinski definition) is 0. The Hall–Kier alpha value is -4.30. The Kier molecular flexibility index (Phi) is 16.6. The number of hydrogen-bond acceptors (Lipinski definition) is 12. The maximum atomic E-state index is 6.02. The lowest BCUT2D eigenvalue weighted by Crippen LogP contribution is -2.14. The lowest BCUT2D eigenvalue weighted by atomic mass is 10.1. The second-order valence-corrected chi connectivity index (χ2v) is 10.9. The van der Waals surface area contributed by atoms with Gasteiger partial charge in [0.05, 0.1) is 90.7 Å². The molecule has 7 rings (SSSR count). The highest BCUT2D eigenvalue weighted by Crippen LogP contribution is 2.32. The van der Waals surface area contributed by atoms with Gasteiger partial charge in [0.25, 0.3) is 0 Å². The molecule has 0 N–H and O–H groups in total. The Morgan fingerprint density at radius 3 is 0.940 bits per heavy atom. The molecule has 50 heavy (non-hydrogen) atoms. The van der Waals surface area contributed by atoms with Crippen LogP contribution in [0.15, 0.2) is 95.2 Å². The van der Waals surface area contributed by atoms with Gasteiger partial charge in [-0.15, -0.1) is 0 Å². The summed E-state index contributed by atoms with van der Waals surface area (Å²) in [5.74, 6) is 3.02. The van der Waals surface area contributed by atoms with Crippen molar-refractivity contribution < 1.29 is 47.4 Å². The van der Waals surface area contributed by atoms with Gasteiger partial charge in [-0.2, -0.15) is 10.2 Å². The third kappa shape index (κ3) is 13.5. The Morgan fingerprint density at radius 1 is 0.300 bits per heavy atom. The number of ether oxygens (including phenoxy) is 10. The van der Waals surface area contributed by atoms with Crippen molar-refractivity contribution in [3.63, 3.8) is 0 Å². The molecule has 268 valence electrons. The zero-order valence-electron chi connectivity index (χ0n) is 28.4. The van der Waals surface area contributed by atoms with Gasteiger partial charge in [-0.05, 0) is 60.7 Å². The average molecular weight is 691 g/mol. The second-order valence-electron chi connectivity index (χ2n) is 10.9. The number of fused-ring (bicyclic) bond motifs is 2. The van der Waals surface area contributed by atoms with Gasteiger partial charge >= 0.3 is 0 Å². The molecule has 0 spiro atoms. The van der Waals surface area contributed by atoms with Crippen LogP contribution < -0.4 is 18.9 Å². The van der Waals surface area contributed by atoms with E-state index in [-0.39, 0.29) is 0 Å². The summed E-state index contributed by atoms with van der Waals surface area (Å²) in [7, 11) is 0. The van der Waals surface area contributed by atoms with E-state index in [4.69, 9.17) is 47.4 Å². The van der Waals surface area contributed by atoms with Crippen molar-refractivity contribution in [3.05, 3.63) is 84.9 Å². The smallest absolute Gasteiger partial charge is 0.127 e. The highest BCUT2D eigenvalue weighted by molar-refractivity contribution is 5.93. The molecule has 12 heteroatoms. The third-order valence-corrected chi connectivity index (χ3v) is 7.25. The van der Waals surface area contributed by atoms with Gasteiger partial charge in [-0.1, -0.05) is 24.3 Å². The first-order chi connectivity index (χ1) is 24.8. The van der Waals surface area contributed by atoms with E-state index >= 15 is 0 Å². The average Bonchev–Trinajstić information content (AvgIpc) is 3.15. The SMILES string of the molecule is c1cc2c3cccc(c3c1)OCCOCCOCCOCCOc1ccc(cc1)N=Nc1ccc(cc1)OCCOCCOCCOCCO2. The molecule has 12 nitrogen and oxygen atoms in total. The van der Waals surface area contributed by atoms with Crippen LogP contribution in [0.3, 0.4) is 0 Å². The van der Waals surface area contributed by atoms with Crippen molar-refractivity contribution in [1.29, 1.82) is 0 Å². The van der Waals surface area contributed by atoms with E-state index in [0.29, 0.717) is 106 Å². The van der Waals surface area contributed by atoms with Crippen molar-refractivity contribution in [2.24, 2.45) is 10.2 Å². The minimum absolute atomic E-state index is 0.422. The molecule has 0 aliphatic carbocycles. The van der Waals surface area contributed by atoms with Crippen molar-refractivity contribution in [2.75, 3.05) is 106 Å². The van der Waals surface area contributed by atoms with Gasteiger partial charge in [0.15, 0.2) is 0 Å². The van der Waals surface area contributed by atoms with Crippen LogP contribution in [0.4, 0.5) is 11.4 Å². The largest absolute Gasteiger partial charge is 0.491 e. The minimum atomic E-state index is 0.422. The van der Waals surface area contributed by atoms with Crippen LogP contribution in [0.1, 0.15) is 0 Å². The van der Waals surface area contributed by atoms with Gasteiger partial charge in [0.2, 0.25) is 0 Å². The summed E-state index contributed by atoms with van der Waals surface area (Å²) in [5, 5.41) is 10.6. The van der Waals surface area contributed by atoms with E-state index in [1.807, 2.05) is 84.9 Å². The number of nitrogens with zero attached hydrogens (tertiary/aromatic N) is 2. The van der Waals surface area contributed by atoms with Gasteiger partial charge in [0.1, 0.15) is 49.4 Å². The van der Waals surface area contributed by atoms with Crippen LogP contribution in [0, 0.1) is 0 Å². The van der Waals surface area contributed by atoms with E-state index < -0.39 is 0 Å². The predicted molar refractivity (Wildman–Crippen MR) is 188 cm³/mol. The lowest BCUT2D eigenvalue weighted by molar-refractivity contribution is 0.00500. The molecular formula is C38H46N2O10. The van der Waals surface area contributed by atoms with Crippen LogP contribution in [0.5, 0.6) is 23.0 Å². The monoisotopic (exact) mass is 690 g/mol. The van der Waals surface area contributed by atoms with Crippen LogP contribution in [0.25, 0.3) is 10.8 Å². The van der Waals surface area contributed by atoms with Crippen LogP contribution in [-0.4, -0.2) is 106 Å². The number of benzene rings is 4. The van der Waals surface area contributed by atoms with E-state index in [2.05, 4.69) is 10.2 Å². The Bertz CT molecular complexity index is 1420. The molecule has 0 fully saturated rings. The van der Waals surface area contributed by atoms with Crippen LogP contribution >= 0.6 is 0 Å². The van der Waals surface area contributed by atoms with Crippen molar-refractivity contribution in [2.45, 2.75) is 0 Å². The molecule has 0 atom stereocenters. The molecule has 0 radical (unpaired) electrons. The Balaban J connectivity index is 1.05. The summed E-state index contributed by atoms with van der Waals surface area (Å²) in [6.45, 7) is 7.31. The van der Waals surface area contributed by atoms with Crippen LogP contribution in [0.2, 0.25) is 0 Å². The molecule has 0 aromatic heterocycles. The number of azo groups is 1. The van der Waals surface area contributed by atoms with Crippen molar-refractivity contribution in [3.8, 4) is 23.0 Å². The molecule has 3 heterocycles. The fraction of sp³-hybridized carbons (Fsp3) is 0.421. The molecule has 4 aromatic carbocycles. The summed E-state index contributed by atoms with van der Waals surface area (Å²) in [5.41, 5.74) is 1.44. The van der Waals surface area contributed by atoms with E-state index in [1.165, 1.54) is 0 Å². The highest BCUT2D eigenvalue weighted by atomic mass is 16.6. The minimum Gasteiger partial charge on any atom is -0.491 e. The van der Waals surface area contributed by atoms with Gasteiger partial charge in [0, 0.05) is 10.8 Å². The van der Waals surface area contributed by atoms with Crippen molar-refractivity contribution in [1.82, 2.24) is 0 Å². The number of rotatable bonds is 0. The summed E-state index contributed by atoms with van der Waals surface area (Å²) < 4.78 is 57.3. The van der Waals surface area contributed by atoms with Gasteiger partial charge in [-0.3, -0.25) is 0 Å². The molecule has 8 bridgehead atoms. The zero-order valence-corrected chi connectivity index (χ0v) is 28.4. The predicted octanol–water partition coefficient (Wildman–Crippen LogP) is 6.58. The molecule has 3 aliphatic heterocycles. The van der Waals surface area contributed by atoms with Crippen LogP contribution in [-0.2, 0) is 28.4 Å². The van der Waals surface area contributed by atoms with E-state index in [0.717, 1.165) is 45.1 Å². The molecule has 3 aliphatic rings. The first-order valence-corrected chi connectivity index (χ1v) is 17.0. The molecule has 4 aromatic rings. The quantitative estimate of drug-likeness (QED) is 0.200. The fourth-order valence-corrected chi connectivity index (χ4v) is 4.78. The standard InChI is InChI=1S/C38H46N2O10/c1-3-35-36-4-2-6-38(35)50-30-26-46-22-18-42-16-20-44-24-28-48-34-13-9-32(10-14-34)40-39-31-7-11-33(12-8-31)47-27-23-43-19-15-41-17-21-45-25-29-49-37(36)5-1/h1-14H,15-30H2. The summed E-state index contributed by atoms with van der Waals surface area (Å²) >= 11 is 0. The Morgan fingerprint density at radius 2 is 0.600 bits per heavy atom. The molecule has 0 amide bonds. The highest BCUT2D eigenvalue weighted by Gasteiger charge is 2.07. The molecular weight excluding hydrogens is 644 g/mol. The van der Waals surface area contributed by atoms with Crippen molar-refractivity contribution >= 4 is 22.1 Å². The van der Waals surface area contributed by atoms with E-state index in [1.54, 1.807) is 0 Å². The maximum absolute atomic E-state index is 6.02. The topological polar surface area (TPSA) is 117 Å².